The molecule has 1 heterocycles. The Morgan fingerprint density at radius 3 is 2.57 bits per heavy atom. The molecule has 2 rings (SSSR count). The predicted molar refractivity (Wildman–Crippen MR) is 91.6 cm³/mol. The summed E-state index contributed by atoms with van der Waals surface area (Å²) < 4.78 is 9.36. The van der Waals surface area contributed by atoms with Gasteiger partial charge in [0.05, 0.1) is 21.2 Å². The van der Waals surface area contributed by atoms with Gasteiger partial charge in [-0.1, -0.05) is 0 Å². The van der Waals surface area contributed by atoms with Crippen molar-refractivity contribution in [3.63, 3.8) is 0 Å². The van der Waals surface area contributed by atoms with Gasteiger partial charge in [-0.15, -0.1) is 0 Å². The average Bonchev–Trinajstić information content (AvgIpc) is 2.85. The molecule has 0 radical (unpaired) electrons. The Labute approximate surface area is 142 Å². The topological polar surface area (TPSA) is 39.1 Å². The van der Waals surface area contributed by atoms with Crippen molar-refractivity contribution in [2.24, 2.45) is 7.05 Å². The maximum Gasteiger partial charge on any atom is 0.147 e. The van der Waals surface area contributed by atoms with E-state index >= 15 is 0 Å². The number of halogens is 2. The van der Waals surface area contributed by atoms with E-state index in [2.05, 4.69) is 54.4 Å². The molecule has 0 saturated heterocycles. The smallest absolute Gasteiger partial charge is 0.147 e. The Bertz CT molecular complexity index is 575. The zero-order valence-electron chi connectivity index (χ0n) is 12.2. The third-order valence-corrected chi connectivity index (χ3v) is 4.18. The Morgan fingerprint density at radius 2 is 2.00 bits per heavy atom. The molecule has 0 amide bonds. The molecule has 6 heteroatoms. The summed E-state index contributed by atoms with van der Waals surface area (Å²) in [6.45, 7) is 4.35. The first-order valence-electron chi connectivity index (χ1n) is 6.90. The zero-order valence-corrected chi connectivity index (χ0v) is 15.4. The molecule has 114 valence electrons. The monoisotopic (exact) mass is 415 g/mol. The molecular weight excluding hydrogens is 398 g/mol. The summed E-state index contributed by atoms with van der Waals surface area (Å²) in [5, 5.41) is 7.79. The first kappa shape index (κ1) is 16.5. The van der Waals surface area contributed by atoms with Gasteiger partial charge in [-0.05, 0) is 62.5 Å². The molecule has 0 aliphatic carbocycles. The Morgan fingerprint density at radius 1 is 1.29 bits per heavy atom. The molecule has 0 fully saturated rings. The molecule has 0 spiro atoms. The van der Waals surface area contributed by atoms with Gasteiger partial charge in [-0.3, -0.25) is 4.68 Å². The number of rotatable bonds is 7. The zero-order chi connectivity index (χ0) is 15.2. The summed E-state index contributed by atoms with van der Waals surface area (Å²) in [6, 6.07) is 6.22. The van der Waals surface area contributed by atoms with E-state index in [9.17, 15) is 0 Å². The average molecular weight is 417 g/mol. The van der Waals surface area contributed by atoms with E-state index in [-0.39, 0.29) is 0 Å². The normalized spacial score (nSPS) is 10.9. The van der Waals surface area contributed by atoms with E-state index in [0.29, 0.717) is 6.61 Å². The van der Waals surface area contributed by atoms with Crippen LogP contribution in [0.3, 0.4) is 0 Å². The van der Waals surface area contributed by atoms with Gasteiger partial charge in [0.2, 0.25) is 0 Å². The van der Waals surface area contributed by atoms with Crippen molar-refractivity contribution in [1.82, 2.24) is 15.1 Å². The maximum atomic E-state index is 5.58. The minimum Gasteiger partial charge on any atom is -0.492 e. The fourth-order valence-electron chi connectivity index (χ4n) is 2.04. The minimum atomic E-state index is 0.652. The highest BCUT2D eigenvalue weighted by atomic mass is 79.9. The number of aryl methyl sites for hydroxylation is 1. The second-order valence-electron chi connectivity index (χ2n) is 4.73. The first-order chi connectivity index (χ1) is 10.1. The van der Waals surface area contributed by atoms with E-state index in [1.54, 1.807) is 0 Å². The maximum absolute atomic E-state index is 5.58. The third kappa shape index (κ3) is 4.83. The number of hydrogen-bond acceptors (Lipinski definition) is 3. The number of nitrogens with one attached hydrogen (secondary N) is 1. The van der Waals surface area contributed by atoms with Crippen LogP contribution in [-0.2, 0) is 20.0 Å². The number of hydrogen-bond donors (Lipinski definition) is 1. The molecule has 0 bridgehead atoms. The minimum absolute atomic E-state index is 0.652. The number of benzene rings is 1. The van der Waals surface area contributed by atoms with Crippen LogP contribution in [0.15, 0.2) is 33.3 Å². The van der Waals surface area contributed by atoms with Crippen molar-refractivity contribution in [1.29, 1.82) is 0 Å². The van der Waals surface area contributed by atoms with Crippen LogP contribution in [0.5, 0.6) is 5.75 Å². The third-order valence-electron chi connectivity index (χ3n) is 3.00. The second-order valence-corrected chi connectivity index (χ2v) is 6.44. The molecule has 2 aromatic rings. The summed E-state index contributed by atoms with van der Waals surface area (Å²) in [6.07, 6.45) is 2.90. The van der Waals surface area contributed by atoms with Crippen molar-refractivity contribution in [2.75, 3.05) is 13.2 Å². The van der Waals surface area contributed by atoms with Crippen molar-refractivity contribution in [3.8, 4) is 5.75 Å². The highest BCUT2D eigenvalue weighted by Crippen LogP contribution is 2.34. The summed E-state index contributed by atoms with van der Waals surface area (Å²) >= 11 is 7.10. The molecule has 1 N–H and O–H groups in total. The molecule has 0 aliphatic rings. The second kappa shape index (κ2) is 7.96. The fraction of sp³-hybridized carbons (Fsp3) is 0.400. The lowest BCUT2D eigenvalue weighted by Gasteiger charge is -2.11. The predicted octanol–water partition coefficient (Wildman–Crippen LogP) is 3.68. The fourth-order valence-corrected chi connectivity index (χ4v) is 3.55. The van der Waals surface area contributed by atoms with Gasteiger partial charge >= 0.3 is 0 Å². The van der Waals surface area contributed by atoms with E-state index < -0.39 is 0 Å². The molecule has 1 aromatic carbocycles. The lowest BCUT2D eigenvalue weighted by molar-refractivity contribution is 0.336. The van der Waals surface area contributed by atoms with Crippen LogP contribution < -0.4 is 10.1 Å². The van der Waals surface area contributed by atoms with Crippen molar-refractivity contribution in [3.05, 3.63) is 44.6 Å². The van der Waals surface area contributed by atoms with E-state index in [1.807, 2.05) is 30.9 Å². The van der Waals surface area contributed by atoms with Crippen molar-refractivity contribution in [2.45, 2.75) is 19.9 Å². The Hall–Kier alpha value is -0.850. The summed E-state index contributed by atoms with van der Waals surface area (Å²) in [5.41, 5.74) is 2.32. The molecule has 1 aromatic heterocycles. The van der Waals surface area contributed by atoms with Crippen LogP contribution in [0.2, 0.25) is 0 Å². The van der Waals surface area contributed by atoms with Crippen LogP contribution in [0.4, 0.5) is 0 Å². The molecular formula is C15H19Br2N3O. The van der Waals surface area contributed by atoms with E-state index in [1.165, 1.54) is 5.56 Å². The Balaban J connectivity index is 1.85. The van der Waals surface area contributed by atoms with Gasteiger partial charge in [-0.25, -0.2) is 0 Å². The lowest BCUT2D eigenvalue weighted by atomic mass is 10.2. The summed E-state index contributed by atoms with van der Waals surface area (Å²) in [5.74, 6) is 0.856. The summed E-state index contributed by atoms with van der Waals surface area (Å²) in [7, 11) is 1.94. The number of nitrogens with zero attached hydrogens (tertiary/aromatic N) is 2. The first-order valence-corrected chi connectivity index (χ1v) is 8.48. The van der Waals surface area contributed by atoms with Gasteiger partial charge in [0, 0.05) is 32.8 Å². The number of ether oxygens (including phenoxy) is 1. The van der Waals surface area contributed by atoms with Gasteiger partial charge in [-0.2, -0.15) is 5.10 Å². The molecule has 0 unspecified atom stereocenters. The van der Waals surface area contributed by atoms with Crippen molar-refractivity contribution < 1.29 is 4.74 Å². The molecule has 0 atom stereocenters. The standard InChI is InChI=1S/C15H19Br2N3O/c1-3-21-15-13(16)8-11(9-14(15)17)10-18-6-4-12-5-7-20(2)19-12/h5,7-9,18H,3-4,6,10H2,1-2H3. The van der Waals surface area contributed by atoms with Crippen LogP contribution in [-0.4, -0.2) is 22.9 Å². The largest absolute Gasteiger partial charge is 0.492 e. The van der Waals surface area contributed by atoms with E-state index in [4.69, 9.17) is 4.74 Å². The molecule has 0 aliphatic heterocycles. The van der Waals surface area contributed by atoms with Gasteiger partial charge < -0.3 is 10.1 Å². The molecule has 4 nitrogen and oxygen atoms in total. The van der Waals surface area contributed by atoms with Crippen molar-refractivity contribution >= 4 is 31.9 Å². The lowest BCUT2D eigenvalue weighted by Crippen LogP contribution is -2.17. The summed E-state index contributed by atoms with van der Waals surface area (Å²) in [4.78, 5) is 0. The Kier molecular flexibility index (Phi) is 6.26. The molecule has 0 saturated carbocycles. The van der Waals surface area contributed by atoms with Crippen LogP contribution in [0.25, 0.3) is 0 Å². The highest BCUT2D eigenvalue weighted by molar-refractivity contribution is 9.11. The quantitative estimate of drug-likeness (QED) is 0.699. The van der Waals surface area contributed by atoms with Gasteiger partial charge in [0.25, 0.3) is 0 Å². The van der Waals surface area contributed by atoms with E-state index in [0.717, 1.165) is 39.9 Å². The molecule has 21 heavy (non-hydrogen) atoms. The van der Waals surface area contributed by atoms with Crippen LogP contribution in [0.1, 0.15) is 18.2 Å². The van der Waals surface area contributed by atoms with Crippen LogP contribution in [0, 0.1) is 0 Å². The van der Waals surface area contributed by atoms with Gasteiger partial charge in [0.15, 0.2) is 0 Å². The van der Waals surface area contributed by atoms with Crippen LogP contribution >= 0.6 is 31.9 Å². The number of aromatic nitrogens is 2. The highest BCUT2D eigenvalue weighted by Gasteiger charge is 2.08. The van der Waals surface area contributed by atoms with Gasteiger partial charge in [0.1, 0.15) is 5.75 Å². The SMILES string of the molecule is CCOc1c(Br)cc(CNCCc2ccn(C)n2)cc1Br.